The summed E-state index contributed by atoms with van der Waals surface area (Å²) < 4.78 is 6.07. The largest absolute Gasteiger partial charge is 0.480 e. The van der Waals surface area contributed by atoms with E-state index in [1.807, 2.05) is 50.4 Å². The van der Waals surface area contributed by atoms with E-state index in [9.17, 15) is 5.26 Å². The van der Waals surface area contributed by atoms with Gasteiger partial charge < -0.3 is 4.74 Å². The molecule has 5 nitrogen and oxygen atoms in total. The van der Waals surface area contributed by atoms with E-state index in [-0.39, 0.29) is 11.0 Å². The summed E-state index contributed by atoms with van der Waals surface area (Å²) in [6.45, 7) is 3.81. The molecule has 0 aliphatic heterocycles. The van der Waals surface area contributed by atoms with E-state index in [1.165, 1.54) is 0 Å². The molecule has 3 rings (SSSR count). The lowest BCUT2D eigenvalue weighted by Gasteiger charge is -2.31. The van der Waals surface area contributed by atoms with Crippen molar-refractivity contribution >= 4 is 5.84 Å². The molecule has 5 heteroatoms. The highest BCUT2D eigenvalue weighted by molar-refractivity contribution is 5.91. The molecule has 1 aromatic rings. The molecule has 0 unspecified atom stereocenters. The van der Waals surface area contributed by atoms with Gasteiger partial charge in [-0.2, -0.15) is 10.5 Å². The molecule has 24 heavy (non-hydrogen) atoms. The van der Waals surface area contributed by atoms with Crippen LogP contribution in [-0.4, -0.2) is 17.0 Å². The fourth-order valence-corrected chi connectivity index (χ4v) is 3.91. The molecule has 0 spiro atoms. The average Bonchev–Trinajstić information content (AvgIpc) is 3.12. The molecular weight excluding hydrogens is 300 g/mol. The van der Waals surface area contributed by atoms with Crippen molar-refractivity contribution in [1.82, 2.24) is 5.32 Å². The van der Waals surface area contributed by atoms with Crippen LogP contribution in [0.1, 0.15) is 46.0 Å². The van der Waals surface area contributed by atoms with Crippen molar-refractivity contribution in [3.8, 4) is 18.0 Å². The van der Waals surface area contributed by atoms with Crippen LogP contribution < -0.4 is 10.1 Å². The number of nitriles is 2. The number of nitrogens with zero attached hydrogens (tertiary/aromatic N) is 3. The van der Waals surface area contributed by atoms with E-state index < -0.39 is 5.60 Å². The first kappa shape index (κ1) is 16.3. The van der Waals surface area contributed by atoms with Crippen molar-refractivity contribution in [2.24, 2.45) is 10.4 Å². The number of hydrogen-bond acceptors (Lipinski definition) is 4. The minimum absolute atomic E-state index is 0.217. The van der Waals surface area contributed by atoms with Gasteiger partial charge in [0.1, 0.15) is 5.75 Å². The normalized spacial score (nSPS) is 28.9. The molecule has 0 heterocycles. The predicted molar refractivity (Wildman–Crippen MR) is 91.2 cm³/mol. The number of nitrogens with one attached hydrogen (secondary N) is 1. The number of para-hydroxylation sites is 1. The molecule has 2 aliphatic rings. The fraction of sp³-hybridized carbons (Fsp3) is 0.526. The summed E-state index contributed by atoms with van der Waals surface area (Å²) in [5.74, 6) is 1.26. The fourth-order valence-electron chi connectivity index (χ4n) is 3.91. The molecule has 124 valence electrons. The van der Waals surface area contributed by atoms with Gasteiger partial charge in [0, 0.05) is 0 Å². The SMILES string of the molecule is CC(C)(Oc1ccccc1)C(=NC12CCC(C#N)(CC1)C2)NC#N. The third kappa shape index (κ3) is 2.95. The Kier molecular flexibility index (Phi) is 3.97. The van der Waals surface area contributed by atoms with Crippen LogP contribution in [-0.2, 0) is 0 Å². The Labute approximate surface area is 143 Å². The van der Waals surface area contributed by atoms with Gasteiger partial charge >= 0.3 is 0 Å². The summed E-state index contributed by atoms with van der Waals surface area (Å²) >= 11 is 0. The Hall–Kier alpha value is -2.53. The Morgan fingerprint density at radius 2 is 1.83 bits per heavy atom. The molecular formula is C19H22N4O. The first-order valence-electron chi connectivity index (χ1n) is 8.33. The molecule has 0 amide bonds. The summed E-state index contributed by atoms with van der Waals surface area (Å²) in [7, 11) is 0. The monoisotopic (exact) mass is 322 g/mol. The summed E-state index contributed by atoms with van der Waals surface area (Å²) in [6.07, 6.45) is 6.37. The lowest BCUT2D eigenvalue weighted by Crippen LogP contribution is -2.47. The van der Waals surface area contributed by atoms with E-state index in [2.05, 4.69) is 11.4 Å². The topological polar surface area (TPSA) is 81.2 Å². The van der Waals surface area contributed by atoms with Crippen LogP contribution in [0.4, 0.5) is 0 Å². The maximum atomic E-state index is 9.46. The van der Waals surface area contributed by atoms with Gasteiger partial charge in [-0.15, -0.1) is 0 Å². The van der Waals surface area contributed by atoms with Gasteiger partial charge in [0.05, 0.1) is 17.0 Å². The van der Waals surface area contributed by atoms with Crippen molar-refractivity contribution in [2.75, 3.05) is 0 Å². The van der Waals surface area contributed by atoms with Crippen LogP contribution in [0, 0.1) is 28.2 Å². The van der Waals surface area contributed by atoms with Gasteiger partial charge in [0.25, 0.3) is 0 Å². The Morgan fingerprint density at radius 3 is 2.38 bits per heavy atom. The summed E-state index contributed by atoms with van der Waals surface area (Å²) in [4.78, 5) is 4.92. The number of amidine groups is 1. The smallest absolute Gasteiger partial charge is 0.182 e. The lowest BCUT2D eigenvalue weighted by molar-refractivity contribution is 0.177. The van der Waals surface area contributed by atoms with Gasteiger partial charge in [0.2, 0.25) is 0 Å². The molecule has 2 bridgehead atoms. The minimum Gasteiger partial charge on any atom is -0.480 e. The number of rotatable bonds is 4. The number of aliphatic imine (C=N–C) groups is 1. The molecule has 0 atom stereocenters. The van der Waals surface area contributed by atoms with Crippen LogP contribution >= 0.6 is 0 Å². The number of benzene rings is 1. The van der Waals surface area contributed by atoms with E-state index in [1.54, 1.807) is 0 Å². The first-order chi connectivity index (χ1) is 11.4. The highest BCUT2D eigenvalue weighted by Gasteiger charge is 2.55. The van der Waals surface area contributed by atoms with Gasteiger partial charge in [-0.1, -0.05) is 18.2 Å². The van der Waals surface area contributed by atoms with Crippen molar-refractivity contribution < 1.29 is 4.74 Å². The van der Waals surface area contributed by atoms with Crippen LogP contribution in [0.5, 0.6) is 5.75 Å². The Bertz CT molecular complexity index is 716. The standard InChI is InChI=1S/C19H22N4O/c1-17(2,24-15-6-4-3-5-7-15)16(22-14-21)23-19-10-8-18(12-19,13-20)9-11-19/h3-7H,8-12H2,1-2H3,(H,22,23). The number of fused-ring (bicyclic) bond motifs is 2. The van der Waals surface area contributed by atoms with E-state index >= 15 is 0 Å². The van der Waals surface area contributed by atoms with Crippen molar-refractivity contribution in [1.29, 1.82) is 10.5 Å². The molecule has 1 aromatic carbocycles. The maximum Gasteiger partial charge on any atom is 0.182 e. The van der Waals surface area contributed by atoms with Gasteiger partial charge in [-0.05, 0) is 58.1 Å². The van der Waals surface area contributed by atoms with Gasteiger partial charge in [0.15, 0.2) is 17.6 Å². The summed E-state index contributed by atoms with van der Waals surface area (Å²) in [5.41, 5.74) is -1.20. The molecule has 0 aromatic heterocycles. The Morgan fingerprint density at radius 1 is 1.17 bits per heavy atom. The van der Waals surface area contributed by atoms with Crippen molar-refractivity contribution in [2.45, 2.75) is 57.1 Å². The molecule has 1 N–H and O–H groups in total. The van der Waals surface area contributed by atoms with E-state index in [0.29, 0.717) is 5.84 Å². The minimum atomic E-state index is -0.758. The van der Waals surface area contributed by atoms with E-state index in [4.69, 9.17) is 15.0 Å². The molecule has 0 radical (unpaired) electrons. The second kappa shape index (κ2) is 5.83. The molecule has 2 aliphatic carbocycles. The zero-order chi connectivity index (χ0) is 17.3. The van der Waals surface area contributed by atoms with Crippen molar-refractivity contribution in [3.05, 3.63) is 30.3 Å². The second-order valence-electron chi connectivity index (χ2n) is 7.42. The third-order valence-corrected chi connectivity index (χ3v) is 5.25. The Balaban J connectivity index is 1.87. The summed E-state index contributed by atoms with van der Waals surface area (Å²) in [6, 6.07) is 12.0. The van der Waals surface area contributed by atoms with Gasteiger partial charge in [-0.25, -0.2) is 0 Å². The number of ether oxygens (including phenoxy) is 1. The highest BCUT2D eigenvalue weighted by Crippen LogP contribution is 2.58. The zero-order valence-electron chi connectivity index (χ0n) is 14.2. The third-order valence-electron chi connectivity index (χ3n) is 5.25. The molecule has 2 saturated carbocycles. The van der Waals surface area contributed by atoms with E-state index in [0.717, 1.165) is 37.9 Å². The molecule has 2 fully saturated rings. The van der Waals surface area contributed by atoms with Crippen LogP contribution in [0.25, 0.3) is 0 Å². The quantitative estimate of drug-likeness (QED) is 0.398. The number of hydrogen-bond donors (Lipinski definition) is 1. The average molecular weight is 322 g/mol. The van der Waals surface area contributed by atoms with Crippen LogP contribution in [0.2, 0.25) is 0 Å². The van der Waals surface area contributed by atoms with Crippen LogP contribution in [0.15, 0.2) is 35.3 Å². The van der Waals surface area contributed by atoms with Gasteiger partial charge in [-0.3, -0.25) is 10.3 Å². The summed E-state index contributed by atoms with van der Waals surface area (Å²) in [5, 5.41) is 21.3. The van der Waals surface area contributed by atoms with Crippen LogP contribution in [0.3, 0.4) is 0 Å². The maximum absolute atomic E-state index is 9.46. The van der Waals surface area contributed by atoms with Crippen molar-refractivity contribution in [3.63, 3.8) is 0 Å². The molecule has 0 saturated heterocycles. The lowest BCUT2D eigenvalue weighted by atomic mass is 9.86. The highest BCUT2D eigenvalue weighted by atomic mass is 16.5. The zero-order valence-corrected chi connectivity index (χ0v) is 14.2. The second-order valence-corrected chi connectivity index (χ2v) is 7.42. The first-order valence-corrected chi connectivity index (χ1v) is 8.33. The predicted octanol–water partition coefficient (Wildman–Crippen LogP) is 3.54.